The number of nitrogens with zero attached hydrogens (tertiary/aromatic N) is 2. The van der Waals surface area contributed by atoms with Crippen molar-refractivity contribution in [2.45, 2.75) is 25.2 Å². The number of aromatic nitrogens is 1. The Balaban J connectivity index is 0.00000169. The van der Waals surface area contributed by atoms with Gasteiger partial charge in [0.05, 0.1) is 5.39 Å². The molecule has 0 unspecified atom stereocenters. The van der Waals surface area contributed by atoms with Gasteiger partial charge in [0, 0.05) is 18.7 Å². The fraction of sp³-hybridized carbons (Fsp3) is 0.533. The number of hydrogen-bond donors (Lipinski definition) is 1. The first-order valence-corrected chi connectivity index (χ1v) is 7.62. The van der Waals surface area contributed by atoms with Crippen molar-refractivity contribution >= 4 is 29.2 Å². The van der Waals surface area contributed by atoms with Gasteiger partial charge in [-0.05, 0) is 44.0 Å². The molecule has 3 saturated heterocycles. The largest absolute Gasteiger partial charge is 0.573 e. The first-order valence-electron chi connectivity index (χ1n) is 7.62. The monoisotopic (exact) mass is 363 g/mol. The molecule has 9 heteroatoms. The van der Waals surface area contributed by atoms with Crippen molar-refractivity contribution in [2.24, 2.45) is 5.92 Å². The minimum absolute atomic E-state index is 0. The number of alkyl halides is 3. The average Bonchev–Trinajstić information content (AvgIpc) is 2.89. The van der Waals surface area contributed by atoms with E-state index in [0.29, 0.717) is 23.2 Å². The number of nitrogens with one attached hydrogen (secondary N) is 1. The molecule has 0 amide bonds. The van der Waals surface area contributed by atoms with Crippen LogP contribution in [0.25, 0.3) is 11.0 Å². The van der Waals surface area contributed by atoms with Gasteiger partial charge in [-0.2, -0.15) is 0 Å². The summed E-state index contributed by atoms with van der Waals surface area (Å²) in [5.74, 6) is 0.882. The van der Waals surface area contributed by atoms with Gasteiger partial charge in [-0.3, -0.25) is 0 Å². The number of ether oxygens (including phenoxy) is 1. The molecule has 3 aliphatic rings. The maximum absolute atomic E-state index is 12.3. The fourth-order valence-electron chi connectivity index (χ4n) is 3.52. The lowest BCUT2D eigenvalue weighted by atomic mass is 9.84. The van der Waals surface area contributed by atoms with Gasteiger partial charge < -0.3 is 19.5 Å². The molecule has 132 valence electrons. The van der Waals surface area contributed by atoms with Crippen molar-refractivity contribution in [3.63, 3.8) is 0 Å². The van der Waals surface area contributed by atoms with Gasteiger partial charge in [-0.25, -0.2) is 0 Å². The molecule has 2 bridgehead atoms. The van der Waals surface area contributed by atoms with E-state index in [1.165, 1.54) is 18.2 Å². The van der Waals surface area contributed by atoms with Crippen LogP contribution in [-0.2, 0) is 0 Å². The summed E-state index contributed by atoms with van der Waals surface area (Å²) in [6.07, 6.45) is -2.39. The summed E-state index contributed by atoms with van der Waals surface area (Å²) in [7, 11) is 0. The molecule has 5 nitrogen and oxygen atoms in total. The van der Waals surface area contributed by atoms with E-state index in [1.807, 2.05) is 0 Å². The van der Waals surface area contributed by atoms with Crippen molar-refractivity contribution < 1.29 is 22.4 Å². The summed E-state index contributed by atoms with van der Waals surface area (Å²) in [5.41, 5.74) is 0.274. The third kappa shape index (κ3) is 3.39. The lowest BCUT2D eigenvalue weighted by molar-refractivity contribution is -0.274. The first-order chi connectivity index (χ1) is 11.0. The predicted octanol–water partition coefficient (Wildman–Crippen LogP) is 3.65. The molecule has 4 heterocycles. The molecule has 0 saturated carbocycles. The summed E-state index contributed by atoms with van der Waals surface area (Å²) in [4.78, 5) is 2.41. The van der Waals surface area contributed by atoms with E-state index >= 15 is 0 Å². The molecule has 3 fully saturated rings. The van der Waals surface area contributed by atoms with Crippen molar-refractivity contribution in [3.05, 3.63) is 18.2 Å². The Kier molecular flexibility index (Phi) is 4.52. The summed E-state index contributed by atoms with van der Waals surface area (Å²) in [6.45, 7) is 3.25. The molecule has 1 aromatic heterocycles. The summed E-state index contributed by atoms with van der Waals surface area (Å²) in [5, 5.41) is 8.03. The zero-order valence-electron chi connectivity index (χ0n) is 12.7. The van der Waals surface area contributed by atoms with Gasteiger partial charge in [0.25, 0.3) is 0 Å². The molecule has 0 aliphatic carbocycles. The Bertz CT molecular complexity index is 714. The van der Waals surface area contributed by atoms with Gasteiger partial charge in [0.1, 0.15) is 5.75 Å². The van der Waals surface area contributed by atoms with Crippen molar-refractivity contribution in [2.75, 3.05) is 25.0 Å². The topological polar surface area (TPSA) is 50.5 Å². The molecular formula is C15H17ClF3N3O2. The first kappa shape index (κ1) is 17.2. The molecule has 24 heavy (non-hydrogen) atoms. The highest BCUT2D eigenvalue weighted by atomic mass is 35.5. The second-order valence-electron chi connectivity index (χ2n) is 6.13. The zero-order chi connectivity index (χ0) is 16.0. The quantitative estimate of drug-likeness (QED) is 0.902. The van der Waals surface area contributed by atoms with E-state index in [4.69, 9.17) is 4.52 Å². The van der Waals surface area contributed by atoms with Gasteiger partial charge in [0.15, 0.2) is 11.4 Å². The second kappa shape index (κ2) is 6.33. The van der Waals surface area contributed by atoms with Crippen LogP contribution >= 0.6 is 12.4 Å². The minimum Gasteiger partial charge on any atom is -0.406 e. The summed E-state index contributed by atoms with van der Waals surface area (Å²) in [6, 6.07) is 4.32. The molecule has 0 radical (unpaired) electrons. The van der Waals surface area contributed by atoms with Crippen LogP contribution in [0.2, 0.25) is 0 Å². The van der Waals surface area contributed by atoms with Crippen LogP contribution in [-0.4, -0.2) is 42.1 Å². The number of hydrogen-bond acceptors (Lipinski definition) is 5. The Morgan fingerprint density at radius 3 is 2.62 bits per heavy atom. The Morgan fingerprint density at radius 1 is 1.25 bits per heavy atom. The number of rotatable bonds is 3. The van der Waals surface area contributed by atoms with E-state index in [0.717, 1.165) is 32.5 Å². The number of anilines is 1. The van der Waals surface area contributed by atoms with Gasteiger partial charge in [0.2, 0.25) is 0 Å². The number of benzene rings is 1. The smallest absolute Gasteiger partial charge is 0.406 e. The van der Waals surface area contributed by atoms with Crippen LogP contribution in [0, 0.1) is 5.92 Å². The standard InChI is InChI=1S/C15H16F3N3O2.ClH/c16-15(17,18)22-10-1-2-11-13(7-10)23-20-14(11)19-12-8-21-5-3-9(12)4-6-21;/h1-2,7,9,12H,3-6,8H2,(H,19,20);1H/t12-;/m0./s1. The molecule has 0 spiro atoms. The third-order valence-electron chi connectivity index (χ3n) is 4.66. The molecule has 1 atom stereocenters. The van der Waals surface area contributed by atoms with Gasteiger partial charge >= 0.3 is 6.36 Å². The van der Waals surface area contributed by atoms with E-state index in [-0.39, 0.29) is 23.7 Å². The predicted molar refractivity (Wildman–Crippen MR) is 84.5 cm³/mol. The van der Waals surface area contributed by atoms with Crippen molar-refractivity contribution in [1.82, 2.24) is 10.1 Å². The summed E-state index contributed by atoms with van der Waals surface area (Å²) >= 11 is 0. The van der Waals surface area contributed by atoms with Crippen LogP contribution in [0.5, 0.6) is 5.75 Å². The number of piperidine rings is 3. The maximum atomic E-state index is 12.3. The van der Waals surface area contributed by atoms with Crippen LogP contribution in [0.1, 0.15) is 12.8 Å². The van der Waals surface area contributed by atoms with E-state index in [9.17, 15) is 13.2 Å². The molecule has 3 aliphatic heterocycles. The Hall–Kier alpha value is -1.67. The highest BCUT2D eigenvalue weighted by Crippen LogP contribution is 2.33. The normalized spacial score (nSPS) is 26.2. The molecular weight excluding hydrogens is 347 g/mol. The second-order valence-corrected chi connectivity index (χ2v) is 6.13. The van der Waals surface area contributed by atoms with Crippen LogP contribution in [0.15, 0.2) is 22.7 Å². The Labute approximate surface area is 142 Å². The van der Waals surface area contributed by atoms with Gasteiger partial charge in [-0.1, -0.05) is 5.16 Å². The lowest BCUT2D eigenvalue weighted by Crippen LogP contribution is -2.53. The summed E-state index contributed by atoms with van der Waals surface area (Å²) < 4.78 is 45.8. The van der Waals surface area contributed by atoms with Crippen molar-refractivity contribution in [3.8, 4) is 5.75 Å². The SMILES string of the molecule is Cl.FC(F)(F)Oc1ccc2c(N[C@H]3CN4CCC3CC4)noc2c1. The highest BCUT2D eigenvalue weighted by Gasteiger charge is 2.35. The molecule has 2 aromatic rings. The maximum Gasteiger partial charge on any atom is 0.573 e. The van der Waals surface area contributed by atoms with E-state index in [1.54, 1.807) is 0 Å². The van der Waals surface area contributed by atoms with Gasteiger partial charge in [-0.15, -0.1) is 25.6 Å². The zero-order valence-corrected chi connectivity index (χ0v) is 13.5. The molecule has 1 aromatic carbocycles. The van der Waals surface area contributed by atoms with Crippen molar-refractivity contribution in [1.29, 1.82) is 0 Å². The van der Waals surface area contributed by atoms with E-state index < -0.39 is 6.36 Å². The Morgan fingerprint density at radius 2 is 2.00 bits per heavy atom. The average molecular weight is 364 g/mol. The van der Waals surface area contributed by atoms with Crippen LogP contribution in [0.3, 0.4) is 0 Å². The van der Waals surface area contributed by atoms with E-state index in [2.05, 4.69) is 20.1 Å². The highest BCUT2D eigenvalue weighted by molar-refractivity contribution is 5.89. The lowest BCUT2D eigenvalue weighted by Gasteiger charge is -2.44. The fourth-order valence-corrected chi connectivity index (χ4v) is 3.52. The third-order valence-corrected chi connectivity index (χ3v) is 4.66. The van der Waals surface area contributed by atoms with Crippen LogP contribution < -0.4 is 10.1 Å². The molecule has 5 rings (SSSR count). The number of halogens is 4. The minimum atomic E-state index is -4.72. The number of fused-ring (bicyclic) bond motifs is 4. The molecule has 1 N–H and O–H groups in total. The van der Waals surface area contributed by atoms with Crippen LogP contribution in [0.4, 0.5) is 19.0 Å².